The van der Waals surface area contributed by atoms with E-state index in [1.54, 1.807) is 12.1 Å². The van der Waals surface area contributed by atoms with Gasteiger partial charge in [-0.2, -0.15) is 4.39 Å². The van der Waals surface area contributed by atoms with Gasteiger partial charge in [-0.05, 0) is 68.9 Å². The van der Waals surface area contributed by atoms with Crippen LogP contribution in [0, 0.1) is 17.6 Å². The lowest BCUT2D eigenvalue weighted by Crippen LogP contribution is -2.12. The second-order valence-electron chi connectivity index (χ2n) is 6.18. The highest BCUT2D eigenvalue weighted by atomic mass is 19.2. The lowest BCUT2D eigenvalue weighted by atomic mass is 10.1. The molecule has 0 bridgehead atoms. The van der Waals surface area contributed by atoms with Gasteiger partial charge in [0.2, 0.25) is 5.82 Å². The lowest BCUT2D eigenvalue weighted by molar-refractivity contribution is 0.198. The monoisotopic (exact) mass is 292 g/mol. The Morgan fingerprint density at radius 1 is 1.05 bits per heavy atom. The highest BCUT2D eigenvalue weighted by Gasteiger charge is 2.21. The van der Waals surface area contributed by atoms with Crippen molar-refractivity contribution in [3.05, 3.63) is 41.5 Å². The van der Waals surface area contributed by atoms with Crippen molar-refractivity contribution in [2.24, 2.45) is 5.92 Å². The van der Waals surface area contributed by atoms with Crippen molar-refractivity contribution in [3.8, 4) is 5.75 Å². The van der Waals surface area contributed by atoms with Crippen molar-refractivity contribution < 1.29 is 13.5 Å². The Kier molecular flexibility index (Phi) is 4.57. The summed E-state index contributed by atoms with van der Waals surface area (Å²) in [6, 6.07) is 3.24. The van der Waals surface area contributed by atoms with Crippen molar-refractivity contribution in [1.82, 2.24) is 0 Å². The van der Waals surface area contributed by atoms with Crippen LogP contribution in [0.5, 0.6) is 5.75 Å². The van der Waals surface area contributed by atoms with Gasteiger partial charge in [0.1, 0.15) is 0 Å². The standard InChI is InChI=1S/C18H22F2O/c19-17-14(6-2-1-5-13-9-10-13)11-12-16(18(17)20)21-15-7-3-4-8-15/h1,5,11-13,15H,2-4,6-10H2/b5-1+. The fraction of sp³-hybridized carbons (Fsp3) is 0.556. The molecule has 0 unspecified atom stereocenters. The van der Waals surface area contributed by atoms with Gasteiger partial charge in [-0.3, -0.25) is 0 Å². The van der Waals surface area contributed by atoms with E-state index in [4.69, 9.17) is 4.74 Å². The van der Waals surface area contributed by atoms with Crippen LogP contribution in [-0.4, -0.2) is 6.10 Å². The van der Waals surface area contributed by atoms with Crippen LogP contribution in [0.1, 0.15) is 50.5 Å². The van der Waals surface area contributed by atoms with E-state index in [9.17, 15) is 8.78 Å². The fourth-order valence-electron chi connectivity index (χ4n) is 2.86. The maximum Gasteiger partial charge on any atom is 0.200 e. The average molecular weight is 292 g/mol. The molecule has 1 aromatic rings. The zero-order valence-corrected chi connectivity index (χ0v) is 12.3. The third-order valence-electron chi connectivity index (χ3n) is 4.33. The summed E-state index contributed by atoms with van der Waals surface area (Å²) in [6.45, 7) is 0. The van der Waals surface area contributed by atoms with Crippen LogP contribution < -0.4 is 4.74 Å². The summed E-state index contributed by atoms with van der Waals surface area (Å²) in [5, 5.41) is 0. The predicted molar refractivity (Wildman–Crippen MR) is 79.4 cm³/mol. The van der Waals surface area contributed by atoms with Crippen LogP contribution in [0.3, 0.4) is 0 Å². The first-order valence-electron chi connectivity index (χ1n) is 8.04. The molecule has 2 fully saturated rings. The minimum absolute atomic E-state index is 0.0474. The molecule has 2 aliphatic carbocycles. The maximum absolute atomic E-state index is 14.1. The van der Waals surface area contributed by atoms with Gasteiger partial charge in [0.25, 0.3) is 0 Å². The molecule has 0 aliphatic heterocycles. The summed E-state index contributed by atoms with van der Waals surface area (Å²) in [5.74, 6) is -0.777. The largest absolute Gasteiger partial charge is 0.487 e. The van der Waals surface area contributed by atoms with Crippen molar-refractivity contribution in [2.45, 2.75) is 57.5 Å². The van der Waals surface area contributed by atoms with Crippen LogP contribution in [0.2, 0.25) is 0 Å². The Morgan fingerprint density at radius 2 is 1.81 bits per heavy atom. The SMILES string of the molecule is Fc1c(CC/C=C/C2CC2)ccc(OC2CCCC2)c1F. The first-order valence-corrected chi connectivity index (χ1v) is 8.04. The molecule has 3 heteroatoms. The maximum atomic E-state index is 14.1. The molecule has 1 nitrogen and oxygen atoms in total. The number of hydrogen-bond acceptors (Lipinski definition) is 1. The molecule has 0 amide bonds. The molecular formula is C18H22F2O. The molecule has 2 aliphatic rings. The minimum atomic E-state index is -0.828. The smallest absolute Gasteiger partial charge is 0.200 e. The van der Waals surface area contributed by atoms with Gasteiger partial charge in [0, 0.05) is 0 Å². The number of rotatable bonds is 6. The first kappa shape index (κ1) is 14.6. The molecule has 0 aromatic heterocycles. The number of benzene rings is 1. The lowest BCUT2D eigenvalue weighted by Gasteiger charge is -2.14. The van der Waals surface area contributed by atoms with E-state index in [2.05, 4.69) is 12.2 Å². The Balaban J connectivity index is 1.60. The van der Waals surface area contributed by atoms with E-state index in [-0.39, 0.29) is 11.9 Å². The Labute approximate surface area is 125 Å². The average Bonchev–Trinajstić information content (AvgIpc) is 3.17. The summed E-state index contributed by atoms with van der Waals surface area (Å²) in [6.07, 6.45) is 12.3. The van der Waals surface area contributed by atoms with Crippen LogP contribution in [0.15, 0.2) is 24.3 Å². The molecule has 2 saturated carbocycles. The van der Waals surface area contributed by atoms with E-state index in [0.717, 1.165) is 38.0 Å². The first-order chi connectivity index (χ1) is 10.2. The Morgan fingerprint density at radius 3 is 2.52 bits per heavy atom. The molecule has 0 N–H and O–H groups in total. The van der Waals surface area contributed by atoms with E-state index >= 15 is 0 Å². The number of halogens is 2. The number of aryl methyl sites for hydroxylation is 1. The van der Waals surface area contributed by atoms with Gasteiger partial charge in [0.05, 0.1) is 6.10 Å². The molecule has 0 saturated heterocycles. The second kappa shape index (κ2) is 6.59. The van der Waals surface area contributed by atoms with Crippen LogP contribution in [0.4, 0.5) is 8.78 Å². The topological polar surface area (TPSA) is 9.23 Å². The Hall–Kier alpha value is -1.38. The normalized spacial score (nSPS) is 19.5. The summed E-state index contributed by atoms with van der Waals surface area (Å²) >= 11 is 0. The quantitative estimate of drug-likeness (QED) is 0.656. The van der Waals surface area contributed by atoms with Crippen LogP contribution >= 0.6 is 0 Å². The van der Waals surface area contributed by atoms with E-state index in [0.29, 0.717) is 12.0 Å². The second-order valence-corrected chi connectivity index (χ2v) is 6.18. The Bertz CT molecular complexity index is 514. The van der Waals surface area contributed by atoms with Gasteiger partial charge in [-0.25, -0.2) is 4.39 Å². The van der Waals surface area contributed by atoms with Gasteiger partial charge in [0.15, 0.2) is 11.6 Å². The molecule has 1 aromatic carbocycles. The van der Waals surface area contributed by atoms with Crippen molar-refractivity contribution >= 4 is 0 Å². The molecular weight excluding hydrogens is 270 g/mol. The summed E-state index contributed by atoms with van der Waals surface area (Å²) in [7, 11) is 0. The van der Waals surface area contributed by atoms with E-state index < -0.39 is 11.6 Å². The molecule has 0 atom stereocenters. The highest BCUT2D eigenvalue weighted by molar-refractivity contribution is 5.31. The van der Waals surface area contributed by atoms with Gasteiger partial charge in [-0.15, -0.1) is 0 Å². The van der Waals surface area contributed by atoms with E-state index in [1.807, 2.05) is 0 Å². The van der Waals surface area contributed by atoms with Crippen molar-refractivity contribution in [1.29, 1.82) is 0 Å². The zero-order valence-electron chi connectivity index (χ0n) is 12.3. The molecule has 3 rings (SSSR count). The van der Waals surface area contributed by atoms with Gasteiger partial charge in [-0.1, -0.05) is 18.2 Å². The zero-order chi connectivity index (χ0) is 14.7. The minimum Gasteiger partial charge on any atom is -0.487 e. The summed E-state index contributed by atoms with van der Waals surface area (Å²) < 4.78 is 33.7. The van der Waals surface area contributed by atoms with Crippen molar-refractivity contribution in [3.63, 3.8) is 0 Å². The van der Waals surface area contributed by atoms with Crippen LogP contribution in [0.25, 0.3) is 0 Å². The highest BCUT2D eigenvalue weighted by Crippen LogP contribution is 2.31. The third kappa shape index (κ3) is 3.84. The molecule has 21 heavy (non-hydrogen) atoms. The molecule has 114 valence electrons. The summed E-state index contributed by atoms with van der Waals surface area (Å²) in [4.78, 5) is 0. The van der Waals surface area contributed by atoms with E-state index in [1.165, 1.54) is 12.8 Å². The predicted octanol–water partition coefficient (Wildman–Crippen LogP) is 5.19. The number of ether oxygens (including phenoxy) is 1. The third-order valence-corrected chi connectivity index (χ3v) is 4.33. The van der Waals surface area contributed by atoms with Crippen LogP contribution in [-0.2, 0) is 6.42 Å². The summed E-state index contributed by atoms with van der Waals surface area (Å²) in [5.41, 5.74) is 0.437. The number of hydrogen-bond donors (Lipinski definition) is 0. The van der Waals surface area contributed by atoms with Crippen molar-refractivity contribution in [2.75, 3.05) is 0 Å². The molecule has 0 spiro atoms. The number of allylic oxidation sites excluding steroid dienone is 2. The molecule has 0 heterocycles. The fourth-order valence-corrected chi connectivity index (χ4v) is 2.86. The molecule has 0 radical (unpaired) electrons. The van der Waals surface area contributed by atoms with Gasteiger partial charge < -0.3 is 4.74 Å². The van der Waals surface area contributed by atoms with Gasteiger partial charge >= 0.3 is 0 Å².